The van der Waals surface area contributed by atoms with Gasteiger partial charge in [0.1, 0.15) is 5.75 Å². The van der Waals surface area contributed by atoms with E-state index in [4.69, 9.17) is 5.73 Å². The molecule has 0 fully saturated rings. The molecule has 0 bridgehead atoms. The number of sulfone groups is 1. The number of benzene rings is 1. The lowest BCUT2D eigenvalue weighted by atomic mass is 10.2. The van der Waals surface area contributed by atoms with Gasteiger partial charge in [-0.25, -0.2) is 13.4 Å². The van der Waals surface area contributed by atoms with Crippen molar-refractivity contribution >= 4 is 33.1 Å². The fraction of sp³-hybridized carbons (Fsp3) is 0.200. The largest absolute Gasteiger partial charge is 0.368 e. The van der Waals surface area contributed by atoms with Gasteiger partial charge < -0.3 is 10.6 Å². The summed E-state index contributed by atoms with van der Waals surface area (Å²) in [5.74, 6) is -0.00930. The van der Waals surface area contributed by atoms with Crippen molar-refractivity contribution in [1.82, 2.24) is 19.9 Å². The maximum absolute atomic E-state index is 12.6. The monoisotopic (exact) mass is 376 g/mol. The van der Waals surface area contributed by atoms with Crippen molar-refractivity contribution in [2.75, 3.05) is 24.7 Å². The van der Waals surface area contributed by atoms with Crippen LogP contribution >= 0.6 is 11.3 Å². The minimum absolute atomic E-state index is 0.0204. The summed E-state index contributed by atoms with van der Waals surface area (Å²) < 4.78 is 25.3. The zero-order valence-electron chi connectivity index (χ0n) is 13.6. The molecule has 130 valence electrons. The Kier molecular flexibility index (Phi) is 4.64. The Morgan fingerprint density at radius 1 is 1.08 bits per heavy atom. The molecule has 10 heteroatoms. The Morgan fingerprint density at radius 2 is 1.80 bits per heavy atom. The van der Waals surface area contributed by atoms with Gasteiger partial charge in [-0.3, -0.25) is 0 Å². The van der Waals surface area contributed by atoms with Crippen LogP contribution in [0.25, 0.3) is 11.3 Å². The number of nitrogens with two attached hydrogens (primary N) is 1. The highest BCUT2D eigenvalue weighted by molar-refractivity contribution is 7.92. The molecule has 0 aliphatic carbocycles. The Morgan fingerprint density at radius 3 is 2.48 bits per heavy atom. The second-order valence-corrected chi connectivity index (χ2v) is 8.45. The summed E-state index contributed by atoms with van der Waals surface area (Å²) in [5.41, 5.74) is 7.12. The average molecular weight is 376 g/mol. The van der Waals surface area contributed by atoms with Crippen LogP contribution in [0.15, 0.2) is 40.1 Å². The van der Waals surface area contributed by atoms with Crippen molar-refractivity contribution in [2.45, 2.75) is 10.1 Å². The van der Waals surface area contributed by atoms with Crippen LogP contribution in [-0.2, 0) is 15.6 Å². The summed E-state index contributed by atoms with van der Waals surface area (Å²) in [6.07, 6.45) is 0. The van der Waals surface area contributed by atoms with Gasteiger partial charge in [0.15, 0.2) is 5.82 Å². The minimum atomic E-state index is -3.68. The maximum atomic E-state index is 12.6. The van der Waals surface area contributed by atoms with Crippen molar-refractivity contribution in [2.24, 2.45) is 0 Å². The summed E-state index contributed by atoms with van der Waals surface area (Å²) >= 11 is 1.07. The molecule has 0 radical (unpaired) electrons. The maximum Gasteiger partial charge on any atom is 0.229 e. The summed E-state index contributed by atoms with van der Waals surface area (Å²) in [6.45, 7) is 0. The Labute approximate surface area is 149 Å². The molecule has 0 aliphatic heterocycles. The average Bonchev–Trinajstić information content (AvgIpc) is 3.05. The molecule has 3 aromatic rings. The van der Waals surface area contributed by atoms with Crippen molar-refractivity contribution in [3.05, 3.63) is 41.5 Å². The molecular formula is C15H16N6O2S2. The van der Waals surface area contributed by atoms with Gasteiger partial charge in [0.25, 0.3) is 0 Å². The Bertz CT molecular complexity index is 986. The van der Waals surface area contributed by atoms with E-state index < -0.39 is 9.84 Å². The Balaban J connectivity index is 1.89. The highest BCUT2D eigenvalue weighted by atomic mass is 32.2. The lowest BCUT2D eigenvalue weighted by Crippen LogP contribution is -2.17. The molecule has 2 aromatic heterocycles. The fourth-order valence-corrected chi connectivity index (χ4v) is 4.35. The van der Waals surface area contributed by atoms with Crippen molar-refractivity contribution in [1.29, 1.82) is 0 Å². The summed E-state index contributed by atoms with van der Waals surface area (Å²) in [6, 6.07) is 9.39. The molecule has 25 heavy (non-hydrogen) atoms. The molecule has 0 saturated carbocycles. The first-order chi connectivity index (χ1) is 11.8. The van der Waals surface area contributed by atoms with Gasteiger partial charge in [0, 0.05) is 25.0 Å². The number of anilines is 2. The van der Waals surface area contributed by atoms with Crippen molar-refractivity contribution in [3.63, 3.8) is 0 Å². The van der Waals surface area contributed by atoms with Crippen LogP contribution in [0.4, 0.5) is 11.9 Å². The van der Waals surface area contributed by atoms with Crippen LogP contribution in [0.1, 0.15) is 5.82 Å². The minimum Gasteiger partial charge on any atom is -0.368 e. The molecule has 0 unspecified atom stereocenters. The summed E-state index contributed by atoms with van der Waals surface area (Å²) in [7, 11) is -0.207. The summed E-state index contributed by atoms with van der Waals surface area (Å²) in [4.78, 5) is 17.9. The van der Waals surface area contributed by atoms with E-state index in [1.54, 1.807) is 24.4 Å². The number of nitrogen functional groups attached to an aromatic ring is 1. The molecule has 0 saturated heterocycles. The number of rotatable bonds is 5. The van der Waals surface area contributed by atoms with Crippen LogP contribution in [-0.4, -0.2) is 42.4 Å². The molecule has 0 spiro atoms. The second kappa shape index (κ2) is 6.73. The van der Waals surface area contributed by atoms with Crippen molar-refractivity contribution in [3.8, 4) is 11.3 Å². The van der Waals surface area contributed by atoms with Gasteiger partial charge in [-0.15, -0.1) is 11.3 Å². The van der Waals surface area contributed by atoms with Gasteiger partial charge in [-0.2, -0.15) is 15.0 Å². The highest BCUT2D eigenvalue weighted by Crippen LogP contribution is 2.26. The zero-order valence-corrected chi connectivity index (χ0v) is 15.3. The van der Waals surface area contributed by atoms with E-state index in [1.165, 1.54) is 0 Å². The number of aromatic nitrogens is 4. The molecule has 8 nitrogen and oxygen atoms in total. The first-order valence-corrected chi connectivity index (χ1v) is 9.80. The standard InChI is InChI=1S/C15H16N6O2S2/c1-21(2)14-19-12(18-13(16)20-14)9-25(22,23)15-17-11(8-24-15)10-6-4-3-5-7-10/h3-8H,9H2,1-2H3,(H2,16,18,19,20). The number of thiazole rings is 1. The van der Waals surface area contributed by atoms with Crippen molar-refractivity contribution < 1.29 is 8.42 Å². The van der Waals surface area contributed by atoms with Crippen LogP contribution in [0.2, 0.25) is 0 Å². The van der Waals surface area contributed by atoms with Gasteiger partial charge in [0.2, 0.25) is 26.1 Å². The molecule has 0 atom stereocenters. The third-order valence-electron chi connectivity index (χ3n) is 3.23. The molecular weight excluding hydrogens is 360 g/mol. The molecule has 2 heterocycles. The fourth-order valence-electron chi connectivity index (χ4n) is 2.06. The van der Waals surface area contributed by atoms with Gasteiger partial charge in [0.05, 0.1) is 5.69 Å². The molecule has 2 N–H and O–H groups in total. The number of hydrogen-bond donors (Lipinski definition) is 1. The molecule has 3 rings (SSSR count). The first kappa shape index (κ1) is 17.2. The topological polar surface area (TPSA) is 115 Å². The lowest BCUT2D eigenvalue weighted by molar-refractivity contribution is 0.593. The molecule has 1 aromatic carbocycles. The molecule has 0 aliphatic rings. The third-order valence-corrected chi connectivity index (χ3v) is 6.17. The van der Waals surface area contributed by atoms with Crippen LogP contribution in [0.5, 0.6) is 0 Å². The van der Waals surface area contributed by atoms with E-state index in [1.807, 2.05) is 30.3 Å². The molecule has 0 amide bonds. The van der Waals surface area contributed by atoms with E-state index in [0.29, 0.717) is 11.6 Å². The predicted octanol–water partition coefficient (Wildman–Crippen LogP) is 1.62. The van der Waals surface area contributed by atoms with Crippen LogP contribution in [0, 0.1) is 0 Å². The van der Waals surface area contributed by atoms with Gasteiger partial charge in [-0.1, -0.05) is 30.3 Å². The quantitative estimate of drug-likeness (QED) is 0.714. The third kappa shape index (κ3) is 3.91. The number of nitrogens with zero attached hydrogens (tertiary/aromatic N) is 5. The lowest BCUT2D eigenvalue weighted by Gasteiger charge is -2.11. The smallest absolute Gasteiger partial charge is 0.229 e. The van der Waals surface area contributed by atoms with E-state index >= 15 is 0 Å². The second-order valence-electron chi connectivity index (χ2n) is 5.43. The zero-order chi connectivity index (χ0) is 18.0. The van der Waals surface area contributed by atoms with E-state index in [9.17, 15) is 8.42 Å². The van der Waals surface area contributed by atoms with Gasteiger partial charge in [-0.05, 0) is 0 Å². The highest BCUT2D eigenvalue weighted by Gasteiger charge is 2.22. The predicted molar refractivity (Wildman–Crippen MR) is 97.0 cm³/mol. The van der Waals surface area contributed by atoms with E-state index in [2.05, 4.69) is 19.9 Å². The van der Waals surface area contributed by atoms with Crippen LogP contribution < -0.4 is 10.6 Å². The van der Waals surface area contributed by atoms with E-state index in [0.717, 1.165) is 16.9 Å². The summed E-state index contributed by atoms with van der Waals surface area (Å²) in [5, 5.41) is 1.72. The van der Waals surface area contributed by atoms with E-state index in [-0.39, 0.29) is 21.9 Å². The van der Waals surface area contributed by atoms with Gasteiger partial charge >= 0.3 is 0 Å². The SMILES string of the molecule is CN(C)c1nc(N)nc(CS(=O)(=O)c2nc(-c3ccccc3)cs2)n1. The normalized spacial score (nSPS) is 11.4. The Hall–Kier alpha value is -2.59. The van der Waals surface area contributed by atoms with Crippen LogP contribution in [0.3, 0.4) is 0 Å². The first-order valence-electron chi connectivity index (χ1n) is 7.26. The number of hydrogen-bond acceptors (Lipinski definition) is 9.